The molecule has 5 rings (SSSR count). The van der Waals surface area contributed by atoms with E-state index in [2.05, 4.69) is 31.0 Å². The Balaban J connectivity index is 1.77. The van der Waals surface area contributed by atoms with Gasteiger partial charge in [-0.3, -0.25) is 14.9 Å². The standard InChI is InChI=1S/C16H10N8O3S/c25-15-13-11(12(18-19-15)8-3-5-9(6-4-8)24(26)27)14(10-2-1-7-28-10)23-16(17-13)20-21-22-23/h1-7,14H,(H,19,25)(H,17,20,22)/t14-/m0/s1. The summed E-state index contributed by atoms with van der Waals surface area (Å²) in [5, 5.41) is 34.2. The lowest BCUT2D eigenvalue weighted by Gasteiger charge is -2.26. The first-order valence-corrected chi connectivity index (χ1v) is 8.97. The quantitative estimate of drug-likeness (QED) is 0.349. The van der Waals surface area contributed by atoms with Crippen molar-refractivity contribution < 1.29 is 4.92 Å². The summed E-state index contributed by atoms with van der Waals surface area (Å²) in [6.45, 7) is 0. The fraction of sp³-hybridized carbons (Fsp3) is 0.0625. The number of hydrogen-bond acceptors (Lipinski definition) is 9. The second-order valence-electron chi connectivity index (χ2n) is 5.98. The summed E-state index contributed by atoms with van der Waals surface area (Å²) in [6.07, 6.45) is 0. The second-order valence-corrected chi connectivity index (χ2v) is 6.96. The van der Waals surface area contributed by atoms with Crippen LogP contribution in [0, 0.1) is 10.1 Å². The van der Waals surface area contributed by atoms with E-state index < -0.39 is 16.5 Å². The number of H-pyrrole nitrogens is 1. The minimum atomic E-state index is -0.469. The normalized spacial score (nSPS) is 14.8. The monoisotopic (exact) mass is 394 g/mol. The third-order valence-corrected chi connectivity index (χ3v) is 5.36. The molecule has 0 radical (unpaired) electrons. The zero-order valence-electron chi connectivity index (χ0n) is 13.9. The van der Waals surface area contributed by atoms with E-state index in [-0.39, 0.29) is 5.69 Å². The van der Waals surface area contributed by atoms with E-state index in [1.165, 1.54) is 23.5 Å². The highest BCUT2D eigenvalue weighted by molar-refractivity contribution is 7.10. The van der Waals surface area contributed by atoms with Gasteiger partial charge in [-0.2, -0.15) is 9.78 Å². The van der Waals surface area contributed by atoms with Gasteiger partial charge in [-0.05, 0) is 34.0 Å². The lowest BCUT2D eigenvalue weighted by atomic mass is 9.96. The van der Waals surface area contributed by atoms with Crippen molar-refractivity contribution in [2.24, 2.45) is 0 Å². The maximum atomic E-state index is 12.5. The Morgan fingerprint density at radius 2 is 2.04 bits per heavy atom. The van der Waals surface area contributed by atoms with Crippen LogP contribution >= 0.6 is 11.3 Å². The van der Waals surface area contributed by atoms with Gasteiger partial charge in [0.2, 0.25) is 5.95 Å². The van der Waals surface area contributed by atoms with Gasteiger partial charge in [-0.1, -0.05) is 11.2 Å². The number of nitrogens with one attached hydrogen (secondary N) is 2. The minimum Gasteiger partial charge on any atom is -0.318 e. The van der Waals surface area contributed by atoms with E-state index in [1.54, 1.807) is 16.8 Å². The SMILES string of the molecule is O=c1[nH]nc(-c2ccc([N+](=O)[O-])cc2)c2c1Nc1nnnn1[C@H]2c1cccs1. The molecule has 1 aliphatic rings. The van der Waals surface area contributed by atoms with Crippen molar-refractivity contribution >= 4 is 28.7 Å². The summed E-state index contributed by atoms with van der Waals surface area (Å²) < 4.78 is 1.59. The van der Waals surface area contributed by atoms with E-state index in [1.807, 2.05) is 17.5 Å². The van der Waals surface area contributed by atoms with Crippen molar-refractivity contribution in [1.29, 1.82) is 0 Å². The Morgan fingerprint density at radius 1 is 1.21 bits per heavy atom. The van der Waals surface area contributed by atoms with Crippen molar-refractivity contribution in [1.82, 2.24) is 30.4 Å². The van der Waals surface area contributed by atoms with Crippen LogP contribution in [0.15, 0.2) is 46.6 Å². The van der Waals surface area contributed by atoms with Gasteiger partial charge in [-0.25, -0.2) is 5.10 Å². The molecule has 1 aliphatic heterocycles. The van der Waals surface area contributed by atoms with Crippen LogP contribution in [-0.2, 0) is 0 Å². The number of aromatic amines is 1. The number of aromatic nitrogens is 6. The van der Waals surface area contributed by atoms with Crippen molar-refractivity contribution in [3.8, 4) is 11.3 Å². The topological polar surface area (TPSA) is 145 Å². The molecule has 0 bridgehead atoms. The molecule has 1 aromatic carbocycles. The molecule has 0 saturated carbocycles. The number of non-ortho nitro benzene ring substituents is 1. The molecule has 0 unspecified atom stereocenters. The van der Waals surface area contributed by atoms with Crippen LogP contribution in [0.3, 0.4) is 0 Å². The fourth-order valence-corrected chi connectivity index (χ4v) is 4.03. The van der Waals surface area contributed by atoms with Crippen molar-refractivity contribution in [2.75, 3.05) is 5.32 Å². The third kappa shape index (κ3) is 2.39. The van der Waals surface area contributed by atoms with Gasteiger partial charge < -0.3 is 5.32 Å². The number of tetrazole rings is 1. The van der Waals surface area contributed by atoms with Gasteiger partial charge in [0.15, 0.2) is 0 Å². The second kappa shape index (κ2) is 6.06. The zero-order valence-corrected chi connectivity index (χ0v) is 14.8. The molecule has 138 valence electrons. The molecule has 1 atom stereocenters. The minimum absolute atomic E-state index is 0.0299. The first kappa shape index (κ1) is 16.3. The molecule has 2 N–H and O–H groups in total. The Bertz CT molecular complexity index is 1250. The van der Waals surface area contributed by atoms with Crippen LogP contribution in [0.25, 0.3) is 11.3 Å². The first-order chi connectivity index (χ1) is 13.6. The van der Waals surface area contributed by atoms with Gasteiger partial charge in [0.25, 0.3) is 11.2 Å². The number of rotatable bonds is 3. The Hall–Kier alpha value is -3.93. The maximum absolute atomic E-state index is 12.5. The molecule has 0 aliphatic carbocycles. The molecule has 0 fully saturated rings. The average Bonchev–Trinajstić information content (AvgIpc) is 3.39. The van der Waals surface area contributed by atoms with E-state index in [0.29, 0.717) is 28.5 Å². The number of nitro groups is 1. The molecule has 0 spiro atoms. The summed E-state index contributed by atoms with van der Waals surface area (Å²) >= 11 is 1.50. The molecule has 0 amide bonds. The lowest BCUT2D eigenvalue weighted by molar-refractivity contribution is -0.384. The number of hydrogen-bond donors (Lipinski definition) is 2. The summed E-state index contributed by atoms with van der Waals surface area (Å²) in [5.74, 6) is 0.345. The smallest absolute Gasteiger partial charge is 0.288 e. The largest absolute Gasteiger partial charge is 0.318 e. The molecule has 0 saturated heterocycles. The Labute approximate surface area is 159 Å². The van der Waals surface area contributed by atoms with Crippen molar-refractivity contribution in [3.63, 3.8) is 0 Å². The molecule has 28 heavy (non-hydrogen) atoms. The van der Waals surface area contributed by atoms with Crippen molar-refractivity contribution in [2.45, 2.75) is 6.04 Å². The van der Waals surface area contributed by atoms with E-state index >= 15 is 0 Å². The lowest BCUT2D eigenvalue weighted by Crippen LogP contribution is -2.28. The Morgan fingerprint density at radius 3 is 2.75 bits per heavy atom. The number of nitro benzene ring substituents is 1. The first-order valence-electron chi connectivity index (χ1n) is 8.09. The van der Waals surface area contributed by atoms with E-state index in [4.69, 9.17) is 0 Å². The van der Waals surface area contributed by atoms with Crippen LogP contribution in [0.5, 0.6) is 0 Å². The molecular weight excluding hydrogens is 384 g/mol. The predicted octanol–water partition coefficient (Wildman–Crippen LogP) is 2.09. The molecular formula is C16H10N8O3S. The molecule has 11 nitrogen and oxygen atoms in total. The zero-order chi connectivity index (χ0) is 19.3. The third-order valence-electron chi connectivity index (χ3n) is 4.43. The summed E-state index contributed by atoms with van der Waals surface area (Å²) in [6, 6.07) is 9.36. The van der Waals surface area contributed by atoms with Gasteiger partial charge in [0, 0.05) is 28.1 Å². The van der Waals surface area contributed by atoms with Crippen LogP contribution in [-0.4, -0.2) is 35.3 Å². The summed E-state index contributed by atoms with van der Waals surface area (Å²) in [4.78, 5) is 23.9. The molecule has 3 aromatic heterocycles. The van der Waals surface area contributed by atoms with Gasteiger partial charge in [0.05, 0.1) is 10.6 Å². The highest BCUT2D eigenvalue weighted by atomic mass is 32.1. The summed E-state index contributed by atoms with van der Waals surface area (Å²) in [7, 11) is 0. The highest BCUT2D eigenvalue weighted by Gasteiger charge is 2.34. The average molecular weight is 394 g/mol. The maximum Gasteiger partial charge on any atom is 0.288 e. The van der Waals surface area contributed by atoms with Crippen LogP contribution in [0.2, 0.25) is 0 Å². The van der Waals surface area contributed by atoms with E-state index in [0.717, 1.165) is 4.88 Å². The number of fused-ring (bicyclic) bond motifs is 2. The predicted molar refractivity (Wildman–Crippen MR) is 99.6 cm³/mol. The van der Waals surface area contributed by atoms with Gasteiger partial charge in [0.1, 0.15) is 11.7 Å². The molecule has 12 heteroatoms. The Kier molecular flexibility index (Phi) is 3.52. The van der Waals surface area contributed by atoms with Crippen LogP contribution in [0.1, 0.15) is 16.5 Å². The molecule has 4 aromatic rings. The van der Waals surface area contributed by atoms with Gasteiger partial charge >= 0.3 is 0 Å². The number of nitrogens with zero attached hydrogens (tertiary/aromatic N) is 6. The number of benzene rings is 1. The van der Waals surface area contributed by atoms with Crippen LogP contribution < -0.4 is 10.9 Å². The fourth-order valence-electron chi connectivity index (χ4n) is 3.21. The number of anilines is 2. The number of thiophene rings is 1. The van der Waals surface area contributed by atoms with Gasteiger partial charge in [-0.15, -0.1) is 11.3 Å². The van der Waals surface area contributed by atoms with Crippen molar-refractivity contribution in [3.05, 3.63) is 72.7 Å². The van der Waals surface area contributed by atoms with Crippen LogP contribution in [0.4, 0.5) is 17.3 Å². The highest BCUT2D eigenvalue weighted by Crippen LogP contribution is 2.42. The molecule has 4 heterocycles. The van der Waals surface area contributed by atoms with E-state index in [9.17, 15) is 14.9 Å². The summed E-state index contributed by atoms with van der Waals surface area (Å²) in [5.41, 5.74) is 1.56.